The predicted molar refractivity (Wildman–Crippen MR) is 65.6 cm³/mol. The molecular weight excluding hydrogens is 252 g/mol. The molecule has 0 bridgehead atoms. The Morgan fingerprint density at radius 1 is 1.11 bits per heavy atom. The maximum Gasteiger partial charge on any atom is 0.387 e. The minimum absolute atomic E-state index is 0.184. The van der Waals surface area contributed by atoms with Gasteiger partial charge in [-0.25, -0.2) is 0 Å². The standard InChI is InChI=1S/C13H13F2N3O/c14-13(15)19-12-6-2-1-4-10(12)8-16-9-11-5-3-7-17-18-11/h1-7,13,16H,8-9H2. The summed E-state index contributed by atoms with van der Waals surface area (Å²) in [5, 5.41) is 10.8. The van der Waals surface area contributed by atoms with Crippen molar-refractivity contribution in [2.45, 2.75) is 19.7 Å². The normalized spacial score (nSPS) is 10.7. The van der Waals surface area contributed by atoms with Crippen molar-refractivity contribution in [2.75, 3.05) is 0 Å². The Morgan fingerprint density at radius 2 is 1.95 bits per heavy atom. The monoisotopic (exact) mass is 265 g/mol. The molecule has 4 nitrogen and oxygen atoms in total. The highest BCUT2D eigenvalue weighted by molar-refractivity contribution is 5.33. The number of para-hydroxylation sites is 1. The van der Waals surface area contributed by atoms with Crippen LogP contribution in [0.1, 0.15) is 11.3 Å². The molecule has 0 aliphatic carbocycles. The lowest BCUT2D eigenvalue weighted by molar-refractivity contribution is -0.0505. The number of ether oxygens (including phenoxy) is 1. The van der Waals surface area contributed by atoms with Crippen LogP contribution in [0.5, 0.6) is 5.75 Å². The Balaban J connectivity index is 1.92. The van der Waals surface area contributed by atoms with Crippen molar-refractivity contribution in [3.05, 3.63) is 53.9 Å². The fourth-order valence-electron chi connectivity index (χ4n) is 1.61. The first-order valence-electron chi connectivity index (χ1n) is 5.75. The first-order valence-corrected chi connectivity index (χ1v) is 5.75. The molecule has 2 aromatic rings. The number of benzene rings is 1. The molecule has 19 heavy (non-hydrogen) atoms. The maximum absolute atomic E-state index is 12.2. The second kappa shape index (κ2) is 6.75. The third kappa shape index (κ3) is 4.26. The van der Waals surface area contributed by atoms with Gasteiger partial charge in [-0.05, 0) is 18.2 Å². The van der Waals surface area contributed by atoms with Crippen molar-refractivity contribution in [2.24, 2.45) is 0 Å². The van der Waals surface area contributed by atoms with Crippen LogP contribution in [0, 0.1) is 0 Å². The zero-order valence-electron chi connectivity index (χ0n) is 10.1. The van der Waals surface area contributed by atoms with E-state index < -0.39 is 6.61 Å². The molecule has 100 valence electrons. The Bertz CT molecular complexity index is 508. The number of aromatic nitrogens is 2. The van der Waals surface area contributed by atoms with Gasteiger partial charge in [-0.2, -0.15) is 19.0 Å². The molecule has 2 rings (SSSR count). The molecule has 1 heterocycles. The molecule has 0 saturated heterocycles. The highest BCUT2D eigenvalue weighted by Gasteiger charge is 2.08. The predicted octanol–water partition coefficient (Wildman–Crippen LogP) is 2.37. The van der Waals surface area contributed by atoms with Crippen molar-refractivity contribution >= 4 is 0 Å². The molecule has 0 spiro atoms. The number of nitrogens with one attached hydrogen (secondary N) is 1. The van der Waals surface area contributed by atoms with Crippen LogP contribution in [0.2, 0.25) is 0 Å². The molecule has 1 aromatic carbocycles. The van der Waals surface area contributed by atoms with E-state index >= 15 is 0 Å². The van der Waals surface area contributed by atoms with Crippen LogP contribution in [0.3, 0.4) is 0 Å². The molecule has 1 N–H and O–H groups in total. The van der Waals surface area contributed by atoms with Crippen molar-refractivity contribution in [3.8, 4) is 5.75 Å². The summed E-state index contributed by atoms with van der Waals surface area (Å²) in [5.41, 5.74) is 1.46. The summed E-state index contributed by atoms with van der Waals surface area (Å²) in [6.45, 7) is -1.89. The van der Waals surface area contributed by atoms with E-state index in [1.165, 1.54) is 6.07 Å². The molecule has 0 atom stereocenters. The van der Waals surface area contributed by atoms with Gasteiger partial charge in [0.05, 0.1) is 5.69 Å². The van der Waals surface area contributed by atoms with Gasteiger partial charge < -0.3 is 10.1 Å². The van der Waals surface area contributed by atoms with Crippen molar-refractivity contribution in [3.63, 3.8) is 0 Å². The van der Waals surface area contributed by atoms with Crippen LogP contribution < -0.4 is 10.1 Å². The molecule has 0 fully saturated rings. The summed E-state index contributed by atoms with van der Waals surface area (Å²) < 4.78 is 28.9. The van der Waals surface area contributed by atoms with Crippen molar-refractivity contribution in [1.29, 1.82) is 0 Å². The number of rotatable bonds is 6. The minimum Gasteiger partial charge on any atom is -0.434 e. The lowest BCUT2D eigenvalue weighted by Crippen LogP contribution is -2.15. The van der Waals surface area contributed by atoms with E-state index in [1.807, 2.05) is 6.07 Å². The number of halogens is 2. The van der Waals surface area contributed by atoms with Crippen molar-refractivity contribution < 1.29 is 13.5 Å². The summed E-state index contributed by atoms with van der Waals surface area (Å²) in [6, 6.07) is 10.3. The molecule has 0 radical (unpaired) electrons. The van der Waals surface area contributed by atoms with Gasteiger partial charge in [-0.15, -0.1) is 0 Å². The lowest BCUT2D eigenvalue weighted by Gasteiger charge is -2.11. The fraction of sp³-hybridized carbons (Fsp3) is 0.231. The smallest absolute Gasteiger partial charge is 0.387 e. The average Bonchev–Trinajstić information content (AvgIpc) is 2.41. The lowest BCUT2D eigenvalue weighted by atomic mass is 10.2. The topological polar surface area (TPSA) is 47.0 Å². The quantitative estimate of drug-likeness (QED) is 0.871. The van der Waals surface area contributed by atoms with E-state index in [-0.39, 0.29) is 5.75 Å². The highest BCUT2D eigenvalue weighted by atomic mass is 19.3. The minimum atomic E-state index is -2.82. The molecule has 1 aromatic heterocycles. The van der Waals surface area contributed by atoms with E-state index in [2.05, 4.69) is 20.3 Å². The van der Waals surface area contributed by atoms with Gasteiger partial charge in [0.15, 0.2) is 0 Å². The van der Waals surface area contributed by atoms with E-state index in [1.54, 1.807) is 30.5 Å². The maximum atomic E-state index is 12.2. The number of nitrogens with zero attached hydrogens (tertiary/aromatic N) is 2. The van der Waals surface area contributed by atoms with Gasteiger partial charge in [0, 0.05) is 24.8 Å². The first kappa shape index (κ1) is 13.4. The Labute approximate surface area is 109 Å². The van der Waals surface area contributed by atoms with Crippen LogP contribution in [0.25, 0.3) is 0 Å². The molecule has 0 aliphatic heterocycles. The van der Waals surface area contributed by atoms with E-state index in [0.29, 0.717) is 18.7 Å². The average molecular weight is 265 g/mol. The van der Waals surface area contributed by atoms with Gasteiger partial charge in [-0.1, -0.05) is 18.2 Å². The summed E-state index contributed by atoms with van der Waals surface area (Å²) in [5.74, 6) is 0.184. The first-order chi connectivity index (χ1) is 9.25. The van der Waals surface area contributed by atoms with Crippen LogP contribution in [0.15, 0.2) is 42.6 Å². The van der Waals surface area contributed by atoms with Crippen LogP contribution >= 0.6 is 0 Å². The summed E-state index contributed by atoms with van der Waals surface area (Å²) in [7, 11) is 0. The molecular formula is C13H13F2N3O. The van der Waals surface area contributed by atoms with Gasteiger partial charge in [0.2, 0.25) is 0 Å². The zero-order chi connectivity index (χ0) is 13.5. The summed E-state index contributed by atoms with van der Waals surface area (Å²) in [4.78, 5) is 0. The molecule has 0 aliphatic rings. The SMILES string of the molecule is FC(F)Oc1ccccc1CNCc1cccnn1. The molecule has 0 amide bonds. The van der Waals surface area contributed by atoms with Gasteiger partial charge >= 0.3 is 6.61 Å². The highest BCUT2D eigenvalue weighted by Crippen LogP contribution is 2.19. The van der Waals surface area contributed by atoms with Crippen LogP contribution in [-0.2, 0) is 13.1 Å². The fourth-order valence-corrected chi connectivity index (χ4v) is 1.61. The number of alkyl halides is 2. The van der Waals surface area contributed by atoms with Gasteiger partial charge in [0.25, 0.3) is 0 Å². The zero-order valence-corrected chi connectivity index (χ0v) is 10.1. The van der Waals surface area contributed by atoms with Crippen LogP contribution in [0.4, 0.5) is 8.78 Å². The summed E-state index contributed by atoms with van der Waals surface area (Å²) in [6.07, 6.45) is 1.59. The largest absolute Gasteiger partial charge is 0.434 e. The van der Waals surface area contributed by atoms with Crippen LogP contribution in [-0.4, -0.2) is 16.8 Å². The number of hydrogen-bond acceptors (Lipinski definition) is 4. The third-order valence-corrected chi connectivity index (χ3v) is 2.44. The second-order valence-electron chi connectivity index (χ2n) is 3.80. The third-order valence-electron chi connectivity index (χ3n) is 2.44. The van der Waals surface area contributed by atoms with E-state index in [9.17, 15) is 8.78 Å². The van der Waals surface area contributed by atoms with E-state index in [0.717, 1.165) is 5.69 Å². The summed E-state index contributed by atoms with van der Waals surface area (Å²) >= 11 is 0. The van der Waals surface area contributed by atoms with Gasteiger partial charge in [-0.3, -0.25) is 0 Å². The van der Waals surface area contributed by atoms with Gasteiger partial charge in [0.1, 0.15) is 5.75 Å². The molecule has 0 saturated carbocycles. The Kier molecular flexibility index (Phi) is 4.74. The van der Waals surface area contributed by atoms with Crippen molar-refractivity contribution in [1.82, 2.24) is 15.5 Å². The second-order valence-corrected chi connectivity index (χ2v) is 3.80. The Morgan fingerprint density at radius 3 is 2.68 bits per heavy atom. The number of hydrogen-bond donors (Lipinski definition) is 1. The molecule has 6 heteroatoms. The van der Waals surface area contributed by atoms with E-state index in [4.69, 9.17) is 0 Å². The Hall–Kier alpha value is -2.08. The molecule has 0 unspecified atom stereocenters.